The highest BCUT2D eigenvalue weighted by molar-refractivity contribution is 5.84. The van der Waals surface area contributed by atoms with E-state index in [0.29, 0.717) is 13.1 Å². The van der Waals surface area contributed by atoms with Crippen LogP contribution < -0.4 is 5.32 Å². The Morgan fingerprint density at radius 3 is 2.66 bits per heavy atom. The maximum absolute atomic E-state index is 15.3. The lowest BCUT2D eigenvalue weighted by Gasteiger charge is -2.49. The van der Waals surface area contributed by atoms with Gasteiger partial charge in [0.2, 0.25) is 5.91 Å². The fraction of sp³-hybridized carbons (Fsp3) is 0.464. The molecule has 38 heavy (non-hydrogen) atoms. The minimum absolute atomic E-state index is 0.179. The normalized spacial score (nSPS) is 26.0. The van der Waals surface area contributed by atoms with E-state index in [9.17, 15) is 14.0 Å². The molecule has 1 aliphatic carbocycles. The average molecular weight is 526 g/mol. The van der Waals surface area contributed by atoms with E-state index >= 15 is 4.39 Å². The van der Waals surface area contributed by atoms with Crippen LogP contribution >= 0.6 is 0 Å². The molecule has 1 fully saturated rings. The van der Waals surface area contributed by atoms with Crippen molar-refractivity contribution in [3.05, 3.63) is 77.2 Å². The molecule has 4 atom stereocenters. The fourth-order valence-electron chi connectivity index (χ4n) is 5.67. The lowest BCUT2D eigenvalue weighted by Crippen LogP contribution is -2.66. The van der Waals surface area contributed by atoms with Crippen LogP contribution in [-0.2, 0) is 29.2 Å². The summed E-state index contributed by atoms with van der Waals surface area (Å²) in [6.45, 7) is 6.51. The van der Waals surface area contributed by atoms with Crippen molar-refractivity contribution in [1.82, 2.24) is 25.3 Å². The smallest absolute Gasteiger partial charge is 0.407 e. The Hall–Kier alpha value is -3.53. The first-order chi connectivity index (χ1) is 18.1. The second-order valence-corrected chi connectivity index (χ2v) is 11.2. The SMILES string of the molecule is CC(C)(C)OC(=O)NC1CC(N2Cc3cn[nH]c3C2)C(=O)N(Cc2ccccc2)[C@@H]1C1CC(F)=CC=C1F. The van der Waals surface area contributed by atoms with Gasteiger partial charge in [0.25, 0.3) is 0 Å². The molecular weight excluding hydrogens is 492 g/mol. The molecule has 8 nitrogen and oxygen atoms in total. The summed E-state index contributed by atoms with van der Waals surface area (Å²) in [7, 11) is 0. The van der Waals surface area contributed by atoms with Gasteiger partial charge in [-0.15, -0.1) is 0 Å². The minimum Gasteiger partial charge on any atom is -0.444 e. The standard InChI is InChI=1S/C28H33F2N5O3/c1-28(2,3)38-27(37)32-22-12-24(34-15-18-13-31-33-23(18)16-34)26(36)35(14-17-7-5-4-6-8-17)25(22)20-11-19(29)9-10-21(20)30/h4-10,13,20,22,24-25H,11-12,14-16H2,1-3H3,(H,31,33)(H,32,37)/t20?,22?,24?,25-/m1/s1. The van der Waals surface area contributed by atoms with Gasteiger partial charge >= 0.3 is 6.09 Å². The zero-order valence-electron chi connectivity index (χ0n) is 21.8. The number of piperidine rings is 1. The van der Waals surface area contributed by atoms with Gasteiger partial charge in [0.15, 0.2) is 0 Å². The van der Waals surface area contributed by atoms with E-state index < -0.39 is 47.4 Å². The van der Waals surface area contributed by atoms with E-state index in [0.717, 1.165) is 29.0 Å². The quantitative estimate of drug-likeness (QED) is 0.599. The van der Waals surface area contributed by atoms with E-state index in [1.54, 1.807) is 31.9 Å². The number of rotatable bonds is 5. The van der Waals surface area contributed by atoms with E-state index in [1.165, 1.54) is 0 Å². The van der Waals surface area contributed by atoms with Crippen LogP contribution in [0.2, 0.25) is 0 Å². The van der Waals surface area contributed by atoms with Gasteiger partial charge in [0.1, 0.15) is 17.3 Å². The first-order valence-electron chi connectivity index (χ1n) is 12.9. The van der Waals surface area contributed by atoms with Crippen LogP contribution in [0.4, 0.5) is 13.6 Å². The second kappa shape index (κ2) is 10.3. The molecular formula is C28H33F2N5O3. The summed E-state index contributed by atoms with van der Waals surface area (Å²) in [5.74, 6) is -2.10. The molecule has 3 unspecified atom stereocenters. The highest BCUT2D eigenvalue weighted by Gasteiger charge is 2.50. The van der Waals surface area contributed by atoms with Crippen molar-refractivity contribution in [1.29, 1.82) is 0 Å². The molecule has 1 saturated heterocycles. The van der Waals surface area contributed by atoms with Gasteiger partial charge in [-0.2, -0.15) is 5.10 Å². The Bertz CT molecular complexity index is 1230. The van der Waals surface area contributed by atoms with Gasteiger partial charge in [-0.1, -0.05) is 30.3 Å². The number of amides is 2. The highest BCUT2D eigenvalue weighted by atomic mass is 19.1. The number of fused-ring (bicyclic) bond motifs is 1. The third kappa shape index (κ3) is 5.50. The maximum Gasteiger partial charge on any atom is 0.407 e. The van der Waals surface area contributed by atoms with Crippen LogP contribution in [0.1, 0.15) is 50.4 Å². The molecule has 2 aliphatic heterocycles. The number of aromatic nitrogens is 2. The lowest BCUT2D eigenvalue weighted by molar-refractivity contribution is -0.148. The topological polar surface area (TPSA) is 90.6 Å². The van der Waals surface area contributed by atoms with Crippen molar-refractivity contribution in [2.75, 3.05) is 0 Å². The molecule has 0 saturated carbocycles. The molecule has 0 bridgehead atoms. The third-order valence-corrected chi connectivity index (χ3v) is 7.30. The Labute approximate surface area is 220 Å². The van der Waals surface area contributed by atoms with Crippen molar-refractivity contribution >= 4 is 12.0 Å². The number of aromatic amines is 1. The zero-order valence-corrected chi connectivity index (χ0v) is 21.8. The summed E-state index contributed by atoms with van der Waals surface area (Å²) in [6.07, 6.45) is 3.37. The number of hydrogen-bond acceptors (Lipinski definition) is 5. The van der Waals surface area contributed by atoms with Gasteiger partial charge in [-0.25, -0.2) is 13.6 Å². The van der Waals surface area contributed by atoms with Crippen molar-refractivity contribution in [2.45, 2.75) is 77.0 Å². The number of alkyl carbamates (subject to hydrolysis) is 1. The maximum atomic E-state index is 15.3. The fourth-order valence-corrected chi connectivity index (χ4v) is 5.67. The molecule has 0 spiro atoms. The van der Waals surface area contributed by atoms with Gasteiger partial charge in [0, 0.05) is 37.5 Å². The van der Waals surface area contributed by atoms with E-state index in [-0.39, 0.29) is 25.3 Å². The van der Waals surface area contributed by atoms with Crippen LogP contribution in [-0.4, -0.2) is 55.7 Å². The van der Waals surface area contributed by atoms with Gasteiger partial charge < -0.3 is 15.0 Å². The summed E-state index contributed by atoms with van der Waals surface area (Å²) in [5.41, 5.74) is 2.07. The highest BCUT2D eigenvalue weighted by Crippen LogP contribution is 2.39. The molecule has 3 heterocycles. The largest absolute Gasteiger partial charge is 0.444 e. The number of carbonyl (C=O) groups excluding carboxylic acids is 2. The number of halogens is 2. The molecule has 2 amide bonds. The first kappa shape index (κ1) is 26.1. The van der Waals surface area contributed by atoms with Crippen LogP contribution in [0, 0.1) is 5.92 Å². The predicted octanol–water partition coefficient (Wildman–Crippen LogP) is 4.52. The summed E-state index contributed by atoms with van der Waals surface area (Å²) < 4.78 is 35.3. The Balaban J connectivity index is 1.51. The third-order valence-electron chi connectivity index (χ3n) is 7.30. The van der Waals surface area contributed by atoms with Crippen molar-refractivity contribution < 1.29 is 23.1 Å². The second-order valence-electron chi connectivity index (χ2n) is 11.2. The van der Waals surface area contributed by atoms with Crippen molar-refractivity contribution in [3.63, 3.8) is 0 Å². The van der Waals surface area contributed by atoms with Crippen LogP contribution in [0.15, 0.2) is 60.3 Å². The molecule has 2 aromatic rings. The molecule has 10 heteroatoms. The van der Waals surface area contributed by atoms with Crippen LogP contribution in [0.3, 0.4) is 0 Å². The Morgan fingerprint density at radius 2 is 1.95 bits per heavy atom. The van der Waals surface area contributed by atoms with Crippen LogP contribution in [0.5, 0.6) is 0 Å². The van der Waals surface area contributed by atoms with Gasteiger partial charge in [-0.05, 0) is 44.9 Å². The predicted molar refractivity (Wildman–Crippen MR) is 137 cm³/mol. The van der Waals surface area contributed by atoms with Crippen LogP contribution in [0.25, 0.3) is 0 Å². The molecule has 202 valence electrons. The average Bonchev–Trinajstić information content (AvgIpc) is 3.45. The van der Waals surface area contributed by atoms with E-state index in [2.05, 4.69) is 15.5 Å². The van der Waals surface area contributed by atoms with Gasteiger partial charge in [0.05, 0.1) is 30.0 Å². The summed E-state index contributed by atoms with van der Waals surface area (Å²) in [4.78, 5) is 30.8. The number of allylic oxidation sites excluding steroid dienone is 3. The summed E-state index contributed by atoms with van der Waals surface area (Å²) in [6, 6.07) is 7.34. The monoisotopic (exact) mass is 525 g/mol. The first-order valence-corrected chi connectivity index (χ1v) is 12.9. The molecule has 1 aromatic carbocycles. The minimum atomic E-state index is -0.941. The number of carbonyl (C=O) groups is 2. The van der Waals surface area contributed by atoms with Gasteiger partial charge in [-0.3, -0.25) is 14.8 Å². The van der Waals surface area contributed by atoms with Crippen molar-refractivity contribution in [2.24, 2.45) is 5.92 Å². The Kier molecular flexibility index (Phi) is 7.09. The molecule has 0 radical (unpaired) electrons. The number of nitrogens with zero attached hydrogens (tertiary/aromatic N) is 3. The molecule has 5 rings (SSSR count). The molecule has 1 aromatic heterocycles. The number of nitrogens with one attached hydrogen (secondary N) is 2. The van der Waals surface area contributed by atoms with Crippen molar-refractivity contribution in [3.8, 4) is 0 Å². The number of ether oxygens (including phenoxy) is 1. The zero-order chi connectivity index (χ0) is 27.0. The summed E-state index contributed by atoms with van der Waals surface area (Å²) >= 11 is 0. The molecule has 2 N–H and O–H groups in total. The number of H-pyrrole nitrogens is 1. The number of benzene rings is 1. The summed E-state index contributed by atoms with van der Waals surface area (Å²) in [5, 5.41) is 9.99. The molecule has 3 aliphatic rings. The van der Waals surface area contributed by atoms with E-state index in [4.69, 9.17) is 4.74 Å². The van der Waals surface area contributed by atoms with E-state index in [1.807, 2.05) is 35.2 Å². The number of likely N-dealkylation sites (tertiary alicyclic amines) is 1. The lowest BCUT2D eigenvalue weighted by atomic mass is 9.79. The Morgan fingerprint density at radius 1 is 1.18 bits per heavy atom. The number of hydrogen-bond donors (Lipinski definition) is 2.